The van der Waals surface area contributed by atoms with Gasteiger partial charge < -0.3 is 10.4 Å². The second-order valence-electron chi connectivity index (χ2n) is 9.88. The summed E-state index contributed by atoms with van der Waals surface area (Å²) < 4.78 is 0. The highest BCUT2D eigenvalue weighted by Crippen LogP contribution is 2.40. The molecule has 5 heteroatoms. The molecule has 3 atom stereocenters. The van der Waals surface area contributed by atoms with Crippen molar-refractivity contribution < 1.29 is 9.90 Å². The van der Waals surface area contributed by atoms with Crippen molar-refractivity contribution >= 4 is 17.2 Å². The Kier molecular flexibility index (Phi) is 6.34. The summed E-state index contributed by atoms with van der Waals surface area (Å²) in [7, 11) is 0. The quantitative estimate of drug-likeness (QED) is 0.783. The van der Waals surface area contributed by atoms with Gasteiger partial charge in [0.2, 0.25) is 5.91 Å². The molecule has 2 N–H and O–H groups in total. The molecule has 2 heterocycles. The van der Waals surface area contributed by atoms with Crippen molar-refractivity contribution in [3.8, 4) is 0 Å². The summed E-state index contributed by atoms with van der Waals surface area (Å²) >= 11 is 1.73. The van der Waals surface area contributed by atoms with Gasteiger partial charge >= 0.3 is 0 Å². The molecule has 1 aromatic rings. The van der Waals surface area contributed by atoms with Crippen LogP contribution in [0.4, 0.5) is 0 Å². The van der Waals surface area contributed by atoms with Gasteiger partial charge in [-0.3, -0.25) is 9.69 Å². The number of nitrogens with zero attached hydrogens (tertiary/aromatic N) is 1. The predicted octanol–water partition coefficient (Wildman–Crippen LogP) is 4.36. The zero-order valence-electron chi connectivity index (χ0n) is 17.3. The summed E-state index contributed by atoms with van der Waals surface area (Å²) in [5.74, 6) is 0.256. The van der Waals surface area contributed by atoms with E-state index in [-0.39, 0.29) is 29.3 Å². The van der Waals surface area contributed by atoms with Crippen LogP contribution >= 0.6 is 11.3 Å². The molecule has 1 aliphatic carbocycles. The molecule has 0 unspecified atom stereocenters. The first-order chi connectivity index (χ1) is 12.7. The normalized spacial score (nSPS) is 30.6. The van der Waals surface area contributed by atoms with E-state index in [1.54, 1.807) is 11.3 Å². The molecule has 0 bridgehead atoms. The van der Waals surface area contributed by atoms with E-state index in [0.717, 1.165) is 45.2 Å². The molecule has 0 aromatic carbocycles. The lowest BCUT2D eigenvalue weighted by molar-refractivity contribution is -0.132. The van der Waals surface area contributed by atoms with Gasteiger partial charge in [-0.05, 0) is 56.0 Å². The zero-order valence-corrected chi connectivity index (χ0v) is 18.1. The Bertz CT molecular complexity index is 615. The van der Waals surface area contributed by atoms with Crippen molar-refractivity contribution in [2.45, 2.75) is 83.9 Å². The number of likely N-dealkylation sites (tertiary alicyclic amines) is 1. The third-order valence-electron chi connectivity index (χ3n) is 6.29. The molecular weight excluding hydrogens is 356 g/mol. The number of carbonyl (C=O) groups excluding carboxylic acids is 1. The van der Waals surface area contributed by atoms with E-state index in [1.165, 1.54) is 4.88 Å². The van der Waals surface area contributed by atoms with Gasteiger partial charge in [0.1, 0.15) is 0 Å². The van der Waals surface area contributed by atoms with E-state index in [0.29, 0.717) is 6.42 Å². The first-order valence-corrected chi connectivity index (χ1v) is 11.4. The SMILES string of the molecule is CC(C)(C)CCN1CC[C@@](C)(O)[C@@H](NC(=O)C2CCCC2)[C@@H]1c1cccs1. The van der Waals surface area contributed by atoms with E-state index in [1.807, 2.05) is 6.92 Å². The third-order valence-corrected chi connectivity index (χ3v) is 7.23. The van der Waals surface area contributed by atoms with Gasteiger partial charge in [0.25, 0.3) is 0 Å². The number of hydrogen-bond acceptors (Lipinski definition) is 4. The Labute approximate surface area is 168 Å². The Morgan fingerprint density at radius 3 is 2.67 bits per heavy atom. The van der Waals surface area contributed by atoms with Crippen LogP contribution in [0.5, 0.6) is 0 Å². The maximum absolute atomic E-state index is 12.9. The average molecular weight is 393 g/mol. The minimum absolute atomic E-state index is 0.0430. The molecule has 152 valence electrons. The maximum Gasteiger partial charge on any atom is 0.223 e. The summed E-state index contributed by atoms with van der Waals surface area (Å²) in [6.45, 7) is 10.6. The molecule has 1 amide bonds. The van der Waals surface area contributed by atoms with Crippen molar-refractivity contribution in [1.29, 1.82) is 0 Å². The fraction of sp³-hybridized carbons (Fsp3) is 0.773. The molecule has 2 fully saturated rings. The third kappa shape index (κ3) is 5.12. The van der Waals surface area contributed by atoms with E-state index < -0.39 is 5.60 Å². The molecule has 1 aliphatic heterocycles. The number of nitrogens with one attached hydrogen (secondary N) is 1. The van der Waals surface area contributed by atoms with Crippen molar-refractivity contribution in [2.75, 3.05) is 13.1 Å². The molecular formula is C22H36N2O2S. The molecule has 2 aliphatic rings. The number of carbonyl (C=O) groups is 1. The first kappa shape index (κ1) is 20.8. The van der Waals surface area contributed by atoms with Gasteiger partial charge in [-0.25, -0.2) is 0 Å². The van der Waals surface area contributed by atoms with Crippen LogP contribution in [0.25, 0.3) is 0 Å². The molecule has 1 saturated carbocycles. The van der Waals surface area contributed by atoms with Gasteiger partial charge in [0.15, 0.2) is 0 Å². The summed E-state index contributed by atoms with van der Waals surface area (Å²) in [6, 6.07) is 4.00. The standard InChI is InChI=1S/C22H36N2O2S/c1-21(2,3)11-13-24-14-12-22(4,26)19(18(24)17-10-7-15-27-17)23-20(25)16-8-5-6-9-16/h7,10,15-16,18-19,26H,5-6,8-9,11-14H2,1-4H3,(H,23,25)/t18-,19-,22+/m0/s1. The van der Waals surface area contributed by atoms with Gasteiger partial charge in [0, 0.05) is 17.3 Å². The highest BCUT2D eigenvalue weighted by molar-refractivity contribution is 7.10. The topological polar surface area (TPSA) is 52.6 Å². The van der Waals surface area contributed by atoms with E-state index in [4.69, 9.17) is 0 Å². The minimum atomic E-state index is -0.888. The number of amides is 1. The van der Waals surface area contributed by atoms with Crippen LogP contribution in [-0.4, -0.2) is 40.6 Å². The van der Waals surface area contributed by atoms with Crippen LogP contribution in [0.15, 0.2) is 17.5 Å². The Morgan fingerprint density at radius 1 is 1.37 bits per heavy atom. The summed E-state index contributed by atoms with van der Waals surface area (Å²) in [6.07, 6.45) is 6.04. The minimum Gasteiger partial charge on any atom is -0.388 e. The number of rotatable bonds is 5. The monoisotopic (exact) mass is 392 g/mol. The summed E-state index contributed by atoms with van der Waals surface area (Å²) in [5, 5.41) is 16.6. The van der Waals surface area contributed by atoms with Crippen LogP contribution in [-0.2, 0) is 4.79 Å². The van der Waals surface area contributed by atoms with Crippen molar-refractivity contribution in [3.05, 3.63) is 22.4 Å². The van der Waals surface area contributed by atoms with E-state index >= 15 is 0 Å². The molecule has 1 aromatic heterocycles. The predicted molar refractivity (Wildman–Crippen MR) is 112 cm³/mol. The molecule has 3 rings (SSSR count). The van der Waals surface area contributed by atoms with Crippen LogP contribution in [0.1, 0.15) is 77.1 Å². The van der Waals surface area contributed by atoms with E-state index in [2.05, 4.69) is 48.5 Å². The Morgan fingerprint density at radius 2 is 2.07 bits per heavy atom. The number of aliphatic hydroxyl groups is 1. The van der Waals surface area contributed by atoms with Gasteiger partial charge in [-0.15, -0.1) is 11.3 Å². The van der Waals surface area contributed by atoms with Gasteiger partial charge in [-0.2, -0.15) is 0 Å². The summed E-state index contributed by atoms with van der Waals surface area (Å²) in [5.41, 5.74) is -0.621. The molecule has 0 radical (unpaired) electrons. The second-order valence-corrected chi connectivity index (χ2v) is 10.9. The fourth-order valence-corrected chi connectivity index (χ4v) is 5.34. The van der Waals surface area contributed by atoms with Gasteiger partial charge in [-0.1, -0.05) is 39.7 Å². The highest BCUT2D eigenvalue weighted by Gasteiger charge is 2.47. The second kappa shape index (κ2) is 8.22. The largest absolute Gasteiger partial charge is 0.388 e. The number of hydrogen-bond donors (Lipinski definition) is 2. The lowest BCUT2D eigenvalue weighted by atomic mass is 9.80. The van der Waals surface area contributed by atoms with Crippen LogP contribution in [0, 0.1) is 11.3 Å². The van der Waals surface area contributed by atoms with Crippen LogP contribution in [0.2, 0.25) is 0 Å². The Balaban J connectivity index is 1.83. The maximum atomic E-state index is 12.9. The van der Waals surface area contributed by atoms with Crippen LogP contribution < -0.4 is 5.32 Å². The first-order valence-electron chi connectivity index (χ1n) is 10.5. The van der Waals surface area contributed by atoms with Crippen molar-refractivity contribution in [3.63, 3.8) is 0 Å². The smallest absolute Gasteiger partial charge is 0.223 e. The fourth-order valence-electron chi connectivity index (χ4n) is 4.44. The van der Waals surface area contributed by atoms with E-state index in [9.17, 15) is 9.90 Å². The number of piperidine rings is 1. The lowest BCUT2D eigenvalue weighted by Crippen LogP contribution is -2.63. The Hall–Kier alpha value is -0.910. The molecule has 1 saturated heterocycles. The average Bonchev–Trinajstić information content (AvgIpc) is 3.28. The molecule has 27 heavy (non-hydrogen) atoms. The van der Waals surface area contributed by atoms with Gasteiger partial charge in [0.05, 0.1) is 17.7 Å². The number of thiophene rings is 1. The lowest BCUT2D eigenvalue weighted by Gasteiger charge is -2.49. The molecule has 0 spiro atoms. The zero-order chi connectivity index (χ0) is 19.7. The van der Waals surface area contributed by atoms with Crippen LogP contribution in [0.3, 0.4) is 0 Å². The van der Waals surface area contributed by atoms with Crippen molar-refractivity contribution in [2.24, 2.45) is 11.3 Å². The molecule has 4 nitrogen and oxygen atoms in total. The highest BCUT2D eigenvalue weighted by atomic mass is 32.1. The summed E-state index contributed by atoms with van der Waals surface area (Å²) in [4.78, 5) is 16.6. The van der Waals surface area contributed by atoms with Crippen molar-refractivity contribution in [1.82, 2.24) is 10.2 Å².